The van der Waals surface area contributed by atoms with Crippen LogP contribution in [0.3, 0.4) is 0 Å². The van der Waals surface area contributed by atoms with Gasteiger partial charge in [-0.3, -0.25) is 0 Å². The van der Waals surface area contributed by atoms with Crippen molar-refractivity contribution in [1.82, 2.24) is 14.8 Å². The third-order valence-electron chi connectivity index (χ3n) is 2.80. The van der Waals surface area contributed by atoms with E-state index in [1.807, 2.05) is 6.92 Å². The van der Waals surface area contributed by atoms with Crippen LogP contribution in [0.2, 0.25) is 0 Å². The van der Waals surface area contributed by atoms with Gasteiger partial charge in [0.2, 0.25) is 0 Å². The van der Waals surface area contributed by atoms with E-state index in [9.17, 15) is 13.2 Å². The first-order valence-electron chi connectivity index (χ1n) is 5.73. The Morgan fingerprint density at radius 2 is 2.00 bits per heavy atom. The van der Waals surface area contributed by atoms with Gasteiger partial charge in [0.25, 0.3) is 0 Å². The molecule has 2 aromatic rings. The molecule has 0 atom stereocenters. The van der Waals surface area contributed by atoms with Crippen molar-refractivity contribution in [1.29, 1.82) is 0 Å². The van der Waals surface area contributed by atoms with Crippen LogP contribution < -0.4 is 0 Å². The van der Waals surface area contributed by atoms with Gasteiger partial charge in [-0.2, -0.15) is 13.2 Å². The van der Waals surface area contributed by atoms with Gasteiger partial charge in [0, 0.05) is 16.6 Å². The molecule has 0 aliphatic rings. The molecule has 0 radical (unpaired) electrons. The van der Waals surface area contributed by atoms with Crippen molar-refractivity contribution in [2.24, 2.45) is 0 Å². The number of benzene rings is 1. The van der Waals surface area contributed by atoms with E-state index in [1.54, 1.807) is 4.57 Å². The lowest BCUT2D eigenvalue weighted by atomic mass is 10.1. The summed E-state index contributed by atoms with van der Waals surface area (Å²) in [6.07, 6.45) is -4.40. The Morgan fingerprint density at radius 3 is 2.55 bits per heavy atom. The van der Waals surface area contributed by atoms with Crippen molar-refractivity contribution < 1.29 is 13.2 Å². The second-order valence-electron chi connectivity index (χ2n) is 4.01. The molecule has 2 rings (SSSR count). The van der Waals surface area contributed by atoms with Gasteiger partial charge >= 0.3 is 6.18 Å². The molecule has 0 fully saturated rings. The van der Waals surface area contributed by atoms with Crippen LogP contribution in [-0.4, -0.2) is 14.8 Å². The predicted octanol–water partition coefficient (Wildman–Crippen LogP) is 4.49. The SMILES string of the molecule is CCn1c(CCl)nnc1-c1cc(C(F)(F)F)ccc1Br. The minimum Gasteiger partial charge on any atom is -0.310 e. The van der Waals surface area contributed by atoms with E-state index in [0.717, 1.165) is 12.1 Å². The second-order valence-corrected chi connectivity index (χ2v) is 5.13. The summed E-state index contributed by atoms with van der Waals surface area (Å²) in [5.74, 6) is 1.03. The summed E-state index contributed by atoms with van der Waals surface area (Å²) in [6.45, 7) is 2.37. The zero-order valence-corrected chi connectivity index (χ0v) is 12.7. The van der Waals surface area contributed by atoms with Gasteiger partial charge in [0.1, 0.15) is 5.82 Å². The molecule has 20 heavy (non-hydrogen) atoms. The number of halogens is 5. The maximum atomic E-state index is 12.8. The maximum Gasteiger partial charge on any atom is 0.416 e. The first kappa shape index (κ1) is 15.3. The number of hydrogen-bond acceptors (Lipinski definition) is 2. The topological polar surface area (TPSA) is 30.7 Å². The zero-order chi connectivity index (χ0) is 14.9. The lowest BCUT2D eigenvalue weighted by molar-refractivity contribution is -0.137. The number of aromatic nitrogens is 3. The van der Waals surface area contributed by atoms with Crippen molar-refractivity contribution in [2.45, 2.75) is 25.5 Å². The van der Waals surface area contributed by atoms with E-state index in [2.05, 4.69) is 26.1 Å². The second kappa shape index (κ2) is 5.73. The third-order valence-corrected chi connectivity index (χ3v) is 3.73. The van der Waals surface area contributed by atoms with Crippen molar-refractivity contribution in [2.75, 3.05) is 0 Å². The molecule has 0 amide bonds. The molecule has 0 unspecified atom stereocenters. The Kier molecular flexibility index (Phi) is 4.39. The highest BCUT2D eigenvalue weighted by Gasteiger charge is 2.31. The van der Waals surface area contributed by atoms with Gasteiger partial charge in [0.05, 0.1) is 11.4 Å². The molecule has 3 nitrogen and oxygen atoms in total. The maximum absolute atomic E-state index is 12.8. The van der Waals surface area contributed by atoms with Crippen LogP contribution in [0.4, 0.5) is 13.2 Å². The highest BCUT2D eigenvalue weighted by atomic mass is 79.9. The number of alkyl halides is 4. The van der Waals surface area contributed by atoms with Gasteiger partial charge in [-0.25, -0.2) is 0 Å². The van der Waals surface area contributed by atoms with Crippen LogP contribution in [0.1, 0.15) is 18.3 Å². The highest BCUT2D eigenvalue weighted by Crippen LogP contribution is 2.35. The number of nitrogens with zero attached hydrogens (tertiary/aromatic N) is 3. The summed E-state index contributed by atoms with van der Waals surface area (Å²) in [4.78, 5) is 0. The molecule has 1 aromatic carbocycles. The Morgan fingerprint density at radius 1 is 1.30 bits per heavy atom. The van der Waals surface area contributed by atoms with Crippen molar-refractivity contribution in [3.8, 4) is 11.4 Å². The van der Waals surface area contributed by atoms with Gasteiger partial charge in [-0.15, -0.1) is 21.8 Å². The molecule has 1 aromatic heterocycles. The highest BCUT2D eigenvalue weighted by molar-refractivity contribution is 9.10. The first-order valence-corrected chi connectivity index (χ1v) is 7.06. The Hall–Kier alpha value is -1.08. The average Bonchev–Trinajstić information content (AvgIpc) is 2.80. The van der Waals surface area contributed by atoms with Crippen molar-refractivity contribution >= 4 is 27.5 Å². The molecular weight excluding hydrogens is 359 g/mol. The fourth-order valence-electron chi connectivity index (χ4n) is 1.84. The largest absolute Gasteiger partial charge is 0.416 e. The van der Waals surface area contributed by atoms with Gasteiger partial charge in [0.15, 0.2) is 5.82 Å². The van der Waals surface area contributed by atoms with Crippen LogP contribution in [0, 0.1) is 0 Å². The van der Waals surface area contributed by atoms with Crippen molar-refractivity contribution in [3.05, 3.63) is 34.1 Å². The quantitative estimate of drug-likeness (QED) is 0.748. The first-order chi connectivity index (χ1) is 9.38. The van der Waals surface area contributed by atoms with Gasteiger partial charge in [-0.05, 0) is 25.1 Å². The fraction of sp³-hybridized carbons (Fsp3) is 0.333. The number of hydrogen-bond donors (Lipinski definition) is 0. The smallest absolute Gasteiger partial charge is 0.310 e. The molecule has 0 bridgehead atoms. The summed E-state index contributed by atoms with van der Waals surface area (Å²) in [5.41, 5.74) is -0.390. The summed E-state index contributed by atoms with van der Waals surface area (Å²) in [5, 5.41) is 7.84. The standard InChI is InChI=1S/C12H10BrClF3N3/c1-2-20-10(6-14)18-19-11(20)8-5-7(12(15,16)17)3-4-9(8)13/h3-5H,2,6H2,1H3. The molecule has 0 spiro atoms. The molecule has 0 saturated heterocycles. The normalized spacial score (nSPS) is 11.9. The molecule has 108 valence electrons. The van der Waals surface area contributed by atoms with E-state index < -0.39 is 11.7 Å². The molecule has 1 heterocycles. The minimum absolute atomic E-state index is 0.150. The van der Waals surface area contributed by atoms with Crippen LogP contribution >= 0.6 is 27.5 Å². The molecule has 0 aliphatic carbocycles. The summed E-state index contributed by atoms with van der Waals surface area (Å²) in [7, 11) is 0. The van der Waals surface area contributed by atoms with E-state index in [1.165, 1.54) is 6.07 Å². The summed E-state index contributed by atoms with van der Waals surface area (Å²) < 4.78 is 40.6. The fourth-order valence-corrected chi connectivity index (χ4v) is 2.46. The lowest BCUT2D eigenvalue weighted by Crippen LogP contribution is -2.06. The molecule has 0 N–H and O–H groups in total. The lowest BCUT2D eigenvalue weighted by Gasteiger charge is -2.11. The van der Waals surface area contributed by atoms with Crippen molar-refractivity contribution in [3.63, 3.8) is 0 Å². The molecular formula is C12H10BrClF3N3. The van der Waals surface area contributed by atoms with Gasteiger partial charge in [-0.1, -0.05) is 15.9 Å². The van der Waals surface area contributed by atoms with E-state index in [4.69, 9.17) is 11.6 Å². The zero-order valence-electron chi connectivity index (χ0n) is 10.4. The summed E-state index contributed by atoms with van der Waals surface area (Å²) in [6, 6.07) is 3.42. The molecule has 0 aliphatic heterocycles. The average molecular weight is 369 g/mol. The Balaban J connectivity index is 2.60. The van der Waals surface area contributed by atoms with Crippen LogP contribution in [0.15, 0.2) is 22.7 Å². The minimum atomic E-state index is -4.40. The van der Waals surface area contributed by atoms with Crippen LogP contribution in [-0.2, 0) is 18.6 Å². The van der Waals surface area contributed by atoms with Crippen LogP contribution in [0.25, 0.3) is 11.4 Å². The number of rotatable bonds is 3. The molecule has 0 saturated carbocycles. The van der Waals surface area contributed by atoms with E-state index >= 15 is 0 Å². The Labute approximate surface area is 126 Å². The molecule has 8 heteroatoms. The van der Waals surface area contributed by atoms with Crippen LogP contribution in [0.5, 0.6) is 0 Å². The summed E-state index contributed by atoms with van der Waals surface area (Å²) >= 11 is 8.99. The van der Waals surface area contributed by atoms with E-state index in [-0.39, 0.29) is 5.88 Å². The van der Waals surface area contributed by atoms with Gasteiger partial charge < -0.3 is 4.57 Å². The predicted molar refractivity (Wildman–Crippen MR) is 73.4 cm³/mol. The van der Waals surface area contributed by atoms with E-state index in [0.29, 0.717) is 28.2 Å². The Bertz CT molecular complexity index is 625. The third kappa shape index (κ3) is 2.83. The monoisotopic (exact) mass is 367 g/mol.